The van der Waals surface area contributed by atoms with Crippen LogP contribution in [0.4, 0.5) is 5.82 Å². The molecule has 5 rings (SSSR count). The SMILES string of the molecule is CCC1CC2(CC1C(=O)NNc1cnc3c(ccn3S(=O)c3ccc(C)cc3)n1)OCCO2. The number of benzene rings is 1. The maximum Gasteiger partial charge on any atom is 0.241 e. The topological polar surface area (TPSA) is 107 Å². The molecule has 33 heavy (non-hydrogen) atoms. The fourth-order valence-electron chi connectivity index (χ4n) is 4.66. The number of aromatic nitrogens is 3. The minimum atomic E-state index is -1.43. The number of ether oxygens (including phenoxy) is 2. The highest BCUT2D eigenvalue weighted by atomic mass is 32.2. The van der Waals surface area contributed by atoms with Crippen LogP contribution >= 0.6 is 0 Å². The van der Waals surface area contributed by atoms with E-state index in [1.165, 1.54) is 6.20 Å². The van der Waals surface area contributed by atoms with E-state index >= 15 is 0 Å². The minimum absolute atomic E-state index is 0.113. The molecule has 2 aliphatic rings. The molecule has 174 valence electrons. The molecule has 1 saturated carbocycles. The van der Waals surface area contributed by atoms with E-state index in [1.807, 2.05) is 31.2 Å². The summed E-state index contributed by atoms with van der Waals surface area (Å²) < 4.78 is 26.2. The van der Waals surface area contributed by atoms with E-state index in [4.69, 9.17) is 9.47 Å². The predicted molar refractivity (Wildman–Crippen MR) is 123 cm³/mol. The Morgan fingerprint density at radius 2 is 1.97 bits per heavy atom. The van der Waals surface area contributed by atoms with Crippen molar-refractivity contribution in [3.8, 4) is 0 Å². The molecule has 1 aromatic carbocycles. The average molecular weight is 470 g/mol. The Bertz CT molecular complexity index is 1190. The second-order valence-electron chi connectivity index (χ2n) is 8.57. The lowest BCUT2D eigenvalue weighted by molar-refractivity contribution is -0.156. The van der Waals surface area contributed by atoms with Gasteiger partial charge >= 0.3 is 0 Å². The Morgan fingerprint density at radius 3 is 2.70 bits per heavy atom. The molecule has 2 N–H and O–H groups in total. The van der Waals surface area contributed by atoms with Crippen molar-refractivity contribution in [2.45, 2.75) is 43.8 Å². The van der Waals surface area contributed by atoms with Crippen molar-refractivity contribution in [1.29, 1.82) is 0 Å². The standard InChI is InChI=1S/C23H27N5O4S/c1-3-16-12-23(31-10-11-32-23)13-18(16)22(29)27-26-20-14-24-21-19(25-20)8-9-28(21)33(30)17-6-4-15(2)5-7-17/h4-9,14,16,18H,3,10-13H2,1-2H3,(H,25,26)(H,27,29). The molecule has 10 heteroatoms. The van der Waals surface area contributed by atoms with Gasteiger partial charge in [-0.05, 0) is 31.0 Å². The largest absolute Gasteiger partial charge is 0.347 e. The van der Waals surface area contributed by atoms with E-state index in [0.717, 1.165) is 18.4 Å². The predicted octanol–water partition coefficient (Wildman–Crippen LogP) is 2.93. The maximum atomic E-state index is 13.0. The lowest BCUT2D eigenvalue weighted by Gasteiger charge is -2.21. The van der Waals surface area contributed by atoms with Crippen molar-refractivity contribution in [1.82, 2.24) is 19.4 Å². The monoisotopic (exact) mass is 469 g/mol. The molecule has 1 saturated heterocycles. The average Bonchev–Trinajstić information content (AvgIpc) is 3.56. The third kappa shape index (κ3) is 4.25. The molecule has 9 nitrogen and oxygen atoms in total. The molecule has 0 radical (unpaired) electrons. The third-order valence-electron chi connectivity index (χ3n) is 6.42. The van der Waals surface area contributed by atoms with Crippen LogP contribution < -0.4 is 10.9 Å². The molecule has 3 unspecified atom stereocenters. The fourth-order valence-corrected chi connectivity index (χ4v) is 5.73. The first-order valence-corrected chi connectivity index (χ1v) is 12.3. The lowest BCUT2D eigenvalue weighted by atomic mass is 9.93. The normalized spacial score (nSPS) is 22.6. The molecule has 2 fully saturated rings. The van der Waals surface area contributed by atoms with Crippen LogP contribution in [-0.4, -0.2) is 43.1 Å². The van der Waals surface area contributed by atoms with Gasteiger partial charge in [-0.3, -0.25) is 15.6 Å². The summed E-state index contributed by atoms with van der Waals surface area (Å²) in [6.07, 6.45) is 5.39. The first-order chi connectivity index (χ1) is 16.0. The highest BCUT2D eigenvalue weighted by Crippen LogP contribution is 2.46. The number of fused-ring (bicyclic) bond motifs is 1. The van der Waals surface area contributed by atoms with Gasteiger partial charge in [-0.25, -0.2) is 18.1 Å². The van der Waals surface area contributed by atoms with Crippen LogP contribution in [0.15, 0.2) is 47.6 Å². The molecule has 0 bridgehead atoms. The van der Waals surface area contributed by atoms with Crippen LogP contribution in [0.1, 0.15) is 31.7 Å². The first kappa shape index (κ1) is 22.0. The van der Waals surface area contributed by atoms with E-state index in [0.29, 0.717) is 41.5 Å². The van der Waals surface area contributed by atoms with Crippen molar-refractivity contribution < 1.29 is 18.5 Å². The smallest absolute Gasteiger partial charge is 0.241 e. The number of amides is 1. The Kier molecular flexibility index (Phi) is 5.90. The van der Waals surface area contributed by atoms with Crippen LogP contribution in [0, 0.1) is 18.8 Å². The van der Waals surface area contributed by atoms with Gasteiger partial charge in [0.05, 0.1) is 24.3 Å². The molecule has 1 aliphatic heterocycles. The van der Waals surface area contributed by atoms with Gasteiger partial charge in [0, 0.05) is 25.0 Å². The van der Waals surface area contributed by atoms with Gasteiger partial charge in [0.15, 0.2) is 28.2 Å². The highest BCUT2D eigenvalue weighted by Gasteiger charge is 2.51. The van der Waals surface area contributed by atoms with Gasteiger partial charge < -0.3 is 9.47 Å². The summed E-state index contributed by atoms with van der Waals surface area (Å²) in [7, 11) is -1.43. The van der Waals surface area contributed by atoms with Crippen LogP contribution in [0.25, 0.3) is 11.2 Å². The first-order valence-electron chi connectivity index (χ1n) is 11.1. The second kappa shape index (κ2) is 8.85. The van der Waals surface area contributed by atoms with Crippen molar-refractivity contribution >= 4 is 33.9 Å². The number of hydrazine groups is 1. The minimum Gasteiger partial charge on any atom is -0.347 e. The molecule has 3 heterocycles. The zero-order chi connectivity index (χ0) is 23.0. The van der Waals surface area contributed by atoms with Gasteiger partial charge in [-0.2, -0.15) is 0 Å². The third-order valence-corrected chi connectivity index (χ3v) is 7.75. The van der Waals surface area contributed by atoms with Gasteiger partial charge in [0.2, 0.25) is 5.91 Å². The second-order valence-corrected chi connectivity index (χ2v) is 9.94. The molecule has 1 spiro atoms. The molecule has 1 amide bonds. The summed E-state index contributed by atoms with van der Waals surface area (Å²) in [6.45, 7) is 5.22. The number of hydrogen-bond acceptors (Lipinski definition) is 7. The quantitative estimate of drug-likeness (QED) is 0.535. The van der Waals surface area contributed by atoms with Gasteiger partial charge in [-0.15, -0.1) is 0 Å². The Hall–Kier alpha value is -2.82. The van der Waals surface area contributed by atoms with Crippen molar-refractivity contribution in [3.63, 3.8) is 0 Å². The summed E-state index contributed by atoms with van der Waals surface area (Å²) in [5.41, 5.74) is 7.83. The number of nitrogens with one attached hydrogen (secondary N) is 2. The molecular formula is C23H27N5O4S. The zero-order valence-corrected chi connectivity index (χ0v) is 19.4. The molecule has 3 aromatic rings. The van der Waals surface area contributed by atoms with E-state index < -0.39 is 16.8 Å². The Labute approximate surface area is 194 Å². The number of rotatable bonds is 6. The molecule has 2 aromatic heterocycles. The number of carbonyl (C=O) groups is 1. The summed E-state index contributed by atoms with van der Waals surface area (Å²) in [6, 6.07) is 9.29. The highest BCUT2D eigenvalue weighted by molar-refractivity contribution is 7.83. The van der Waals surface area contributed by atoms with Crippen LogP contribution in [0.5, 0.6) is 0 Å². The summed E-state index contributed by atoms with van der Waals surface area (Å²) >= 11 is 0. The fraction of sp³-hybridized carbons (Fsp3) is 0.435. The number of carbonyl (C=O) groups excluding carboxylic acids is 1. The Morgan fingerprint density at radius 1 is 1.21 bits per heavy atom. The number of aryl methyl sites for hydroxylation is 1. The van der Waals surface area contributed by atoms with Crippen LogP contribution in [0.3, 0.4) is 0 Å². The zero-order valence-electron chi connectivity index (χ0n) is 18.6. The number of nitrogens with zero attached hydrogens (tertiary/aromatic N) is 3. The van der Waals surface area contributed by atoms with E-state index in [-0.39, 0.29) is 17.7 Å². The Balaban J connectivity index is 1.27. The molecule has 3 atom stereocenters. The van der Waals surface area contributed by atoms with E-state index in [1.54, 1.807) is 16.2 Å². The van der Waals surface area contributed by atoms with Crippen molar-refractivity contribution in [3.05, 3.63) is 48.3 Å². The summed E-state index contributed by atoms with van der Waals surface area (Å²) in [4.78, 5) is 22.5. The molecule has 1 aliphatic carbocycles. The number of hydrogen-bond donors (Lipinski definition) is 2. The van der Waals surface area contributed by atoms with Crippen LogP contribution in [0.2, 0.25) is 0 Å². The summed E-state index contributed by atoms with van der Waals surface area (Å²) in [5, 5.41) is 0. The van der Waals surface area contributed by atoms with E-state index in [2.05, 4.69) is 27.7 Å². The summed E-state index contributed by atoms with van der Waals surface area (Å²) in [5.74, 6) is -0.321. The lowest BCUT2D eigenvalue weighted by Crippen LogP contribution is -2.37. The van der Waals surface area contributed by atoms with Crippen LogP contribution in [-0.2, 0) is 25.3 Å². The van der Waals surface area contributed by atoms with Gasteiger partial charge in [0.25, 0.3) is 0 Å². The van der Waals surface area contributed by atoms with E-state index in [9.17, 15) is 9.00 Å². The van der Waals surface area contributed by atoms with Crippen molar-refractivity contribution in [2.24, 2.45) is 11.8 Å². The molecular weight excluding hydrogens is 442 g/mol. The van der Waals surface area contributed by atoms with Gasteiger partial charge in [-0.1, -0.05) is 31.0 Å². The van der Waals surface area contributed by atoms with Gasteiger partial charge in [0.1, 0.15) is 5.52 Å². The number of anilines is 1. The van der Waals surface area contributed by atoms with Crippen molar-refractivity contribution in [2.75, 3.05) is 18.6 Å². The maximum absolute atomic E-state index is 13.0.